The average Bonchev–Trinajstić information content (AvgIpc) is 2.97. The van der Waals surface area contributed by atoms with E-state index in [1.807, 2.05) is 60.7 Å². The third-order valence-electron chi connectivity index (χ3n) is 4.75. The summed E-state index contributed by atoms with van der Waals surface area (Å²) in [6, 6.07) is 23.0. The Balaban J connectivity index is 1.49. The lowest BCUT2D eigenvalue weighted by Crippen LogP contribution is -2.30. The summed E-state index contributed by atoms with van der Waals surface area (Å²) in [6.45, 7) is 0.278. The molecule has 4 rings (SSSR count). The van der Waals surface area contributed by atoms with Gasteiger partial charge >= 0.3 is 0 Å². The molecule has 150 valence electrons. The van der Waals surface area contributed by atoms with Crippen molar-refractivity contribution < 1.29 is 13.9 Å². The van der Waals surface area contributed by atoms with Gasteiger partial charge in [0.05, 0.1) is 5.69 Å². The number of hydrogen-bond donors (Lipinski definition) is 0. The zero-order chi connectivity index (χ0) is 21.1. The molecule has 0 radical (unpaired) electrons. The number of nitrogens with zero attached hydrogens (tertiary/aromatic N) is 2. The Hall–Kier alpha value is -3.51. The van der Waals surface area contributed by atoms with Crippen LogP contribution in [0.5, 0.6) is 5.75 Å². The van der Waals surface area contributed by atoms with E-state index in [0.29, 0.717) is 16.6 Å². The Kier molecular flexibility index (Phi) is 5.59. The van der Waals surface area contributed by atoms with Crippen molar-refractivity contribution in [3.8, 4) is 5.75 Å². The van der Waals surface area contributed by atoms with Gasteiger partial charge in [-0.2, -0.15) is 0 Å². The molecule has 1 saturated heterocycles. The topological polar surface area (TPSA) is 32.8 Å². The normalized spacial score (nSPS) is 15.2. The number of carbonyl (C=O) groups excluding carboxylic acids is 1. The first-order valence-corrected chi connectivity index (χ1v) is 9.80. The second-order valence-electron chi connectivity index (χ2n) is 6.83. The van der Waals surface area contributed by atoms with Gasteiger partial charge < -0.3 is 9.64 Å². The maximum atomic E-state index is 13.3. The molecule has 0 aliphatic carbocycles. The van der Waals surface area contributed by atoms with Crippen LogP contribution < -0.4 is 9.64 Å². The molecule has 1 heterocycles. The number of likely N-dealkylation sites (N-methyl/N-ethyl adjacent to an activating group) is 1. The van der Waals surface area contributed by atoms with Gasteiger partial charge in [-0.05, 0) is 65.8 Å². The lowest BCUT2D eigenvalue weighted by Gasteiger charge is -2.16. The molecule has 0 aromatic heterocycles. The summed E-state index contributed by atoms with van der Waals surface area (Å²) in [5, 5.41) is 0.437. The summed E-state index contributed by atoms with van der Waals surface area (Å²) in [6.07, 6.45) is 1.80. The minimum absolute atomic E-state index is 0.167. The summed E-state index contributed by atoms with van der Waals surface area (Å²) >= 11 is 5.47. The lowest BCUT2D eigenvalue weighted by molar-refractivity contribution is -0.114. The van der Waals surface area contributed by atoms with E-state index in [0.717, 1.165) is 16.8 Å². The fourth-order valence-electron chi connectivity index (χ4n) is 3.17. The summed E-state index contributed by atoms with van der Waals surface area (Å²) in [5.74, 6) is 0.208. The standard InChI is InChI=1S/C24H19FN2O2S/c1-26-22(23(28)27(24(26)30)20-8-3-2-4-9-20)15-17-10-12-21(13-11-17)29-16-18-6-5-7-19(25)14-18/h2-15H,16H2,1H3/b22-15-. The largest absolute Gasteiger partial charge is 0.489 e. The highest BCUT2D eigenvalue weighted by Crippen LogP contribution is 2.28. The SMILES string of the molecule is CN1C(=S)N(c2ccccc2)C(=O)/C1=C/c1ccc(OCc2cccc(F)c2)cc1. The van der Waals surface area contributed by atoms with Gasteiger partial charge in [-0.15, -0.1) is 0 Å². The van der Waals surface area contributed by atoms with Crippen LogP contribution in [0.3, 0.4) is 0 Å². The molecule has 30 heavy (non-hydrogen) atoms. The zero-order valence-electron chi connectivity index (χ0n) is 16.3. The number of para-hydroxylation sites is 1. The van der Waals surface area contributed by atoms with Crippen LogP contribution in [0.2, 0.25) is 0 Å². The number of rotatable bonds is 5. The summed E-state index contributed by atoms with van der Waals surface area (Å²) in [5.41, 5.74) is 2.84. The van der Waals surface area contributed by atoms with Crippen molar-refractivity contribution in [2.45, 2.75) is 6.61 Å². The van der Waals surface area contributed by atoms with E-state index in [4.69, 9.17) is 17.0 Å². The van der Waals surface area contributed by atoms with Crippen LogP contribution in [0.4, 0.5) is 10.1 Å². The molecular weight excluding hydrogens is 399 g/mol. The van der Waals surface area contributed by atoms with E-state index < -0.39 is 0 Å². The molecule has 1 aliphatic rings. The molecule has 0 atom stereocenters. The molecule has 6 heteroatoms. The fraction of sp³-hybridized carbons (Fsp3) is 0.0833. The van der Waals surface area contributed by atoms with E-state index in [2.05, 4.69) is 0 Å². The highest BCUT2D eigenvalue weighted by atomic mass is 32.1. The molecule has 3 aromatic carbocycles. The number of thiocarbonyl (C=S) groups is 1. The van der Waals surface area contributed by atoms with Gasteiger partial charge in [0.25, 0.3) is 5.91 Å². The van der Waals surface area contributed by atoms with Gasteiger partial charge in [-0.3, -0.25) is 9.69 Å². The molecule has 0 saturated carbocycles. The molecular formula is C24H19FN2O2S. The number of carbonyl (C=O) groups is 1. The molecule has 0 unspecified atom stereocenters. The molecule has 0 spiro atoms. The van der Waals surface area contributed by atoms with Crippen molar-refractivity contribution in [1.29, 1.82) is 0 Å². The van der Waals surface area contributed by atoms with Crippen LogP contribution in [-0.4, -0.2) is 23.0 Å². The van der Waals surface area contributed by atoms with Crippen molar-refractivity contribution >= 4 is 35.0 Å². The Morgan fingerprint density at radius 2 is 1.73 bits per heavy atom. The second-order valence-corrected chi connectivity index (χ2v) is 7.20. The quantitative estimate of drug-likeness (QED) is 0.431. The highest BCUT2D eigenvalue weighted by Gasteiger charge is 2.36. The van der Waals surface area contributed by atoms with E-state index in [1.165, 1.54) is 17.0 Å². The first-order valence-electron chi connectivity index (χ1n) is 9.39. The van der Waals surface area contributed by atoms with Gasteiger partial charge in [0.1, 0.15) is 23.9 Å². The molecule has 1 amide bonds. The number of halogens is 1. The van der Waals surface area contributed by atoms with E-state index in [-0.39, 0.29) is 18.3 Å². The Bertz CT molecular complexity index is 1110. The summed E-state index contributed by atoms with van der Waals surface area (Å²) in [7, 11) is 1.78. The zero-order valence-corrected chi connectivity index (χ0v) is 17.1. The Morgan fingerprint density at radius 1 is 1.00 bits per heavy atom. The first-order chi connectivity index (χ1) is 14.5. The summed E-state index contributed by atoms with van der Waals surface area (Å²) in [4.78, 5) is 16.2. The van der Waals surface area contributed by atoms with Gasteiger partial charge in [0, 0.05) is 7.05 Å². The van der Waals surface area contributed by atoms with Gasteiger partial charge in [0.2, 0.25) is 0 Å². The smallest absolute Gasteiger partial charge is 0.281 e. The van der Waals surface area contributed by atoms with Crippen LogP contribution in [0, 0.1) is 5.82 Å². The molecule has 0 N–H and O–H groups in total. The third kappa shape index (κ3) is 4.09. The molecule has 4 nitrogen and oxygen atoms in total. The monoisotopic (exact) mass is 418 g/mol. The maximum absolute atomic E-state index is 13.3. The maximum Gasteiger partial charge on any atom is 0.281 e. The lowest BCUT2D eigenvalue weighted by atomic mass is 10.1. The molecule has 3 aromatic rings. The van der Waals surface area contributed by atoms with Crippen LogP contribution in [0.15, 0.2) is 84.6 Å². The fourth-order valence-corrected chi connectivity index (χ4v) is 3.46. The van der Waals surface area contributed by atoms with Gasteiger partial charge in [-0.25, -0.2) is 4.39 Å². The highest BCUT2D eigenvalue weighted by molar-refractivity contribution is 7.80. The van der Waals surface area contributed by atoms with Crippen molar-refractivity contribution in [2.75, 3.05) is 11.9 Å². The number of anilines is 1. The van der Waals surface area contributed by atoms with Crippen molar-refractivity contribution in [1.82, 2.24) is 4.90 Å². The van der Waals surface area contributed by atoms with Gasteiger partial charge in [-0.1, -0.05) is 42.5 Å². The molecule has 1 aliphatic heterocycles. The van der Waals surface area contributed by atoms with Crippen LogP contribution in [-0.2, 0) is 11.4 Å². The minimum Gasteiger partial charge on any atom is -0.489 e. The van der Waals surface area contributed by atoms with Crippen LogP contribution >= 0.6 is 12.2 Å². The molecule has 1 fully saturated rings. The van der Waals surface area contributed by atoms with E-state index in [9.17, 15) is 9.18 Å². The predicted octanol–water partition coefficient (Wildman–Crippen LogP) is 5.01. The average molecular weight is 418 g/mol. The van der Waals surface area contributed by atoms with Crippen molar-refractivity contribution in [3.63, 3.8) is 0 Å². The first kappa shape index (κ1) is 19.8. The second kappa shape index (κ2) is 8.47. The number of amides is 1. The molecule has 0 bridgehead atoms. The van der Waals surface area contributed by atoms with Crippen molar-refractivity contribution in [2.24, 2.45) is 0 Å². The number of benzene rings is 3. The predicted molar refractivity (Wildman–Crippen MR) is 119 cm³/mol. The van der Waals surface area contributed by atoms with Gasteiger partial charge in [0.15, 0.2) is 5.11 Å². The van der Waals surface area contributed by atoms with E-state index >= 15 is 0 Å². The Morgan fingerprint density at radius 3 is 2.43 bits per heavy atom. The number of hydrogen-bond acceptors (Lipinski definition) is 3. The third-order valence-corrected chi connectivity index (χ3v) is 5.21. The van der Waals surface area contributed by atoms with Crippen LogP contribution in [0.1, 0.15) is 11.1 Å². The van der Waals surface area contributed by atoms with E-state index in [1.54, 1.807) is 24.1 Å². The van der Waals surface area contributed by atoms with Crippen molar-refractivity contribution in [3.05, 3.63) is 102 Å². The minimum atomic E-state index is -0.286. The Labute approximate surface area is 179 Å². The summed E-state index contributed by atoms with van der Waals surface area (Å²) < 4.78 is 19.0. The van der Waals surface area contributed by atoms with Crippen LogP contribution in [0.25, 0.3) is 6.08 Å². The number of ether oxygens (including phenoxy) is 1.